The Hall–Kier alpha value is -3.85. The number of likely N-dealkylation sites (tertiary alicyclic amines) is 1. The number of hydrogen-bond acceptors (Lipinski definition) is 7. The number of hydrogen-bond donors (Lipinski definition) is 1. The van der Waals surface area contributed by atoms with Crippen LogP contribution in [0, 0.1) is 16.7 Å². The van der Waals surface area contributed by atoms with Crippen molar-refractivity contribution in [1.29, 1.82) is 0 Å². The number of carbonyl (C=O) groups is 3. The van der Waals surface area contributed by atoms with Gasteiger partial charge in [0.15, 0.2) is 11.5 Å². The van der Waals surface area contributed by atoms with Crippen LogP contribution >= 0.6 is 0 Å². The van der Waals surface area contributed by atoms with Gasteiger partial charge in [-0.1, -0.05) is 57.2 Å². The zero-order valence-corrected chi connectivity index (χ0v) is 24.3. The van der Waals surface area contributed by atoms with Gasteiger partial charge in [0.05, 0.1) is 25.9 Å². The van der Waals surface area contributed by atoms with Crippen LogP contribution in [0.2, 0.25) is 0 Å². The monoisotopic (exact) mass is 562 g/mol. The minimum absolute atomic E-state index is 0.0647. The maximum absolute atomic E-state index is 14.2. The number of fused-ring (bicyclic) bond motifs is 2. The van der Waals surface area contributed by atoms with Crippen molar-refractivity contribution in [3.63, 3.8) is 0 Å². The van der Waals surface area contributed by atoms with Crippen molar-refractivity contribution >= 4 is 17.8 Å². The molecule has 0 saturated carbocycles. The summed E-state index contributed by atoms with van der Waals surface area (Å²) in [5.41, 5.74) is 0.782. The number of esters is 1. The van der Waals surface area contributed by atoms with Crippen molar-refractivity contribution in [2.45, 2.75) is 65.8 Å². The molecule has 1 fully saturated rings. The second-order valence-corrected chi connectivity index (χ2v) is 12.1. The highest BCUT2D eigenvalue weighted by atomic mass is 16.7. The lowest BCUT2D eigenvalue weighted by molar-refractivity contribution is -0.180. The molecule has 1 N–H and O–H groups in total. The number of nitrogens with zero attached hydrogens (tertiary/aromatic N) is 1. The second-order valence-electron chi connectivity index (χ2n) is 12.1. The number of methoxy groups -OCH3 is 1. The van der Waals surface area contributed by atoms with Crippen molar-refractivity contribution < 1.29 is 33.3 Å². The number of rotatable bonds is 7. The lowest BCUT2D eigenvalue weighted by Gasteiger charge is -2.53. The van der Waals surface area contributed by atoms with E-state index in [0.29, 0.717) is 23.7 Å². The van der Waals surface area contributed by atoms with Gasteiger partial charge < -0.3 is 29.2 Å². The van der Waals surface area contributed by atoms with Crippen LogP contribution in [0.15, 0.2) is 60.3 Å². The van der Waals surface area contributed by atoms with Gasteiger partial charge in [-0.3, -0.25) is 14.4 Å². The highest BCUT2D eigenvalue weighted by Crippen LogP contribution is 2.52. The lowest BCUT2D eigenvalue weighted by atomic mass is 9.65. The van der Waals surface area contributed by atoms with Gasteiger partial charge in [-0.15, -0.1) is 0 Å². The molecular formula is C32H38N2O7. The van der Waals surface area contributed by atoms with Gasteiger partial charge in [0.1, 0.15) is 5.41 Å². The first-order valence-corrected chi connectivity index (χ1v) is 14.0. The van der Waals surface area contributed by atoms with Crippen molar-refractivity contribution in [1.82, 2.24) is 10.2 Å². The molecule has 9 heteroatoms. The maximum Gasteiger partial charge on any atom is 0.320 e. The maximum atomic E-state index is 14.2. The summed E-state index contributed by atoms with van der Waals surface area (Å²) in [6.07, 6.45) is 1.00. The van der Waals surface area contributed by atoms with Gasteiger partial charge in [-0.25, -0.2) is 0 Å². The van der Waals surface area contributed by atoms with E-state index in [1.165, 1.54) is 7.11 Å². The van der Waals surface area contributed by atoms with E-state index in [2.05, 4.69) is 26.1 Å². The molecule has 2 aromatic rings. The number of carbonyl (C=O) groups excluding carboxylic acids is 3. The van der Waals surface area contributed by atoms with Crippen molar-refractivity contribution in [2.75, 3.05) is 13.9 Å². The third-order valence-electron chi connectivity index (χ3n) is 8.23. The normalized spacial score (nSPS) is 25.3. The topological polar surface area (TPSA) is 103 Å². The van der Waals surface area contributed by atoms with E-state index in [1.807, 2.05) is 61.5 Å². The molecule has 1 saturated heterocycles. The smallest absolute Gasteiger partial charge is 0.320 e. The highest BCUT2D eigenvalue weighted by Gasteiger charge is 2.60. The molecule has 0 spiro atoms. The Bertz CT molecular complexity index is 1350. The van der Waals surface area contributed by atoms with E-state index in [1.54, 1.807) is 4.90 Å². The summed E-state index contributed by atoms with van der Waals surface area (Å²) < 4.78 is 22.8. The summed E-state index contributed by atoms with van der Waals surface area (Å²) in [6.45, 7) is 8.69. The third-order valence-corrected chi connectivity index (χ3v) is 8.23. The standard InChI is InChI=1S/C32H38N2O7/c1-20-32(30(37)38-5)16-23(14-28(35)33-17-21-9-7-6-8-10-21)29(36)34(26(32)15-27(41-20)31(2,3)4)18-22-11-12-24-25(13-22)40-19-39-24/h6-13,15,20,23,27H,14,16-19H2,1-5H3,(H,33,35)/t20-,23+,27-,32+/m1/s1. The fourth-order valence-electron chi connectivity index (χ4n) is 5.92. The Labute approximate surface area is 240 Å². The van der Waals surface area contributed by atoms with Gasteiger partial charge in [-0.05, 0) is 48.1 Å². The fourth-order valence-corrected chi connectivity index (χ4v) is 5.92. The molecule has 41 heavy (non-hydrogen) atoms. The van der Waals surface area contributed by atoms with Crippen molar-refractivity contribution in [2.24, 2.45) is 16.7 Å². The average molecular weight is 563 g/mol. The highest BCUT2D eigenvalue weighted by molar-refractivity contribution is 5.92. The summed E-state index contributed by atoms with van der Waals surface area (Å²) in [5.74, 6) is -0.480. The molecule has 2 amide bonds. The molecule has 218 valence electrons. The largest absolute Gasteiger partial charge is 0.468 e. The van der Waals surface area contributed by atoms with Crippen LogP contribution in [0.25, 0.3) is 0 Å². The van der Waals surface area contributed by atoms with E-state index in [4.69, 9.17) is 18.9 Å². The number of nitrogens with one attached hydrogen (secondary N) is 1. The predicted octanol–water partition coefficient (Wildman–Crippen LogP) is 4.35. The first kappa shape index (κ1) is 28.7. The van der Waals surface area contributed by atoms with Crippen LogP contribution in [0.3, 0.4) is 0 Å². The minimum Gasteiger partial charge on any atom is -0.468 e. The van der Waals surface area contributed by atoms with E-state index in [9.17, 15) is 14.4 Å². The minimum atomic E-state index is -1.26. The zero-order valence-electron chi connectivity index (χ0n) is 24.3. The van der Waals surface area contributed by atoms with E-state index in [-0.39, 0.29) is 49.5 Å². The van der Waals surface area contributed by atoms with Gasteiger partial charge in [-0.2, -0.15) is 0 Å². The average Bonchev–Trinajstić information content (AvgIpc) is 3.42. The molecule has 0 bridgehead atoms. The van der Waals surface area contributed by atoms with Gasteiger partial charge >= 0.3 is 5.97 Å². The van der Waals surface area contributed by atoms with Crippen LogP contribution < -0.4 is 14.8 Å². The Morgan fingerprint density at radius 2 is 1.80 bits per heavy atom. The number of amides is 2. The summed E-state index contributed by atoms with van der Waals surface area (Å²) >= 11 is 0. The number of piperidine rings is 1. The molecule has 0 aromatic heterocycles. The SMILES string of the molecule is COC(=O)[C@]12C[C@H](CC(=O)NCc3ccccc3)C(=O)N(Cc3ccc4c(c3)OCO4)C1=C[C@H](C(C)(C)C)O[C@@H]2C. The Balaban J connectivity index is 1.51. The summed E-state index contributed by atoms with van der Waals surface area (Å²) in [7, 11) is 1.34. The molecule has 2 aromatic carbocycles. The van der Waals surface area contributed by atoms with Gasteiger partial charge in [0.2, 0.25) is 18.6 Å². The quantitative estimate of drug-likeness (QED) is 0.501. The molecule has 0 unspecified atom stereocenters. The predicted molar refractivity (Wildman–Crippen MR) is 150 cm³/mol. The summed E-state index contributed by atoms with van der Waals surface area (Å²) in [4.78, 5) is 42.6. The fraction of sp³-hybridized carbons (Fsp3) is 0.469. The van der Waals surface area contributed by atoms with Crippen LogP contribution in [0.1, 0.15) is 51.7 Å². The molecule has 0 aliphatic carbocycles. The lowest BCUT2D eigenvalue weighted by Crippen LogP contribution is -2.60. The van der Waals surface area contributed by atoms with E-state index in [0.717, 1.165) is 11.1 Å². The first-order chi connectivity index (χ1) is 19.5. The molecule has 5 rings (SSSR count). The first-order valence-electron chi connectivity index (χ1n) is 14.0. The molecule has 3 aliphatic heterocycles. The Morgan fingerprint density at radius 3 is 2.51 bits per heavy atom. The molecule has 0 radical (unpaired) electrons. The van der Waals surface area contributed by atoms with Gasteiger partial charge in [0.25, 0.3) is 0 Å². The molecule has 3 aliphatic rings. The van der Waals surface area contributed by atoms with Crippen LogP contribution in [0.4, 0.5) is 0 Å². The summed E-state index contributed by atoms with van der Waals surface area (Å²) in [5, 5.41) is 2.92. The Kier molecular flexibility index (Phi) is 7.83. The van der Waals surface area contributed by atoms with Crippen LogP contribution in [0.5, 0.6) is 11.5 Å². The van der Waals surface area contributed by atoms with Crippen molar-refractivity contribution in [3.8, 4) is 11.5 Å². The number of benzene rings is 2. The molecular weight excluding hydrogens is 524 g/mol. The molecule has 3 heterocycles. The summed E-state index contributed by atoms with van der Waals surface area (Å²) in [6, 6.07) is 15.1. The van der Waals surface area contributed by atoms with Crippen molar-refractivity contribution in [3.05, 3.63) is 71.4 Å². The molecule has 9 nitrogen and oxygen atoms in total. The Morgan fingerprint density at radius 1 is 1.07 bits per heavy atom. The number of ether oxygens (including phenoxy) is 4. The third kappa shape index (κ3) is 5.55. The second kappa shape index (κ2) is 11.2. The van der Waals surface area contributed by atoms with Crippen LogP contribution in [-0.4, -0.2) is 48.8 Å². The van der Waals surface area contributed by atoms with Crippen LogP contribution in [-0.2, 0) is 36.9 Å². The molecule has 4 atom stereocenters. The van der Waals surface area contributed by atoms with E-state index >= 15 is 0 Å². The zero-order chi connectivity index (χ0) is 29.4. The van der Waals surface area contributed by atoms with E-state index < -0.39 is 23.4 Å². The van der Waals surface area contributed by atoms with Gasteiger partial charge in [0, 0.05) is 24.6 Å².